The van der Waals surface area contributed by atoms with Gasteiger partial charge >= 0.3 is 0 Å². The number of imidazole rings is 1. The predicted octanol–water partition coefficient (Wildman–Crippen LogP) is 4.64. The smallest absolute Gasteiger partial charge is 0.247 e. The molecule has 0 aliphatic carbocycles. The van der Waals surface area contributed by atoms with Crippen LogP contribution in [0.4, 0.5) is 14.5 Å². The predicted molar refractivity (Wildman–Crippen MR) is 105 cm³/mol. The summed E-state index contributed by atoms with van der Waals surface area (Å²) in [6.07, 6.45) is 4.69. The zero-order valence-electron chi connectivity index (χ0n) is 15.0. The number of amides is 1. The van der Waals surface area contributed by atoms with Gasteiger partial charge in [-0.25, -0.2) is 13.8 Å². The number of hydrogen-bond donors (Lipinski definition) is 2. The van der Waals surface area contributed by atoms with E-state index in [-0.39, 0.29) is 11.5 Å². The van der Waals surface area contributed by atoms with E-state index in [1.807, 2.05) is 13.2 Å². The molecule has 0 radical (unpaired) electrons. The monoisotopic (exact) mass is 378 g/mol. The van der Waals surface area contributed by atoms with Crippen molar-refractivity contribution in [3.63, 3.8) is 0 Å². The SMILES string of the molecule is C=CC(=O)Nc1cc(-c2cn(C)cn2)c2[nH]c(-c3ccc(F)cc3F)cc2c1. The van der Waals surface area contributed by atoms with E-state index in [0.29, 0.717) is 17.1 Å². The first-order valence-electron chi connectivity index (χ1n) is 8.48. The molecule has 7 heteroatoms. The van der Waals surface area contributed by atoms with E-state index in [1.165, 1.54) is 18.2 Å². The minimum Gasteiger partial charge on any atom is -0.354 e. The van der Waals surface area contributed by atoms with Crippen LogP contribution in [0, 0.1) is 11.6 Å². The normalized spacial score (nSPS) is 11.0. The molecule has 140 valence electrons. The fourth-order valence-electron chi connectivity index (χ4n) is 3.12. The topological polar surface area (TPSA) is 62.7 Å². The molecule has 4 aromatic rings. The number of carbonyl (C=O) groups is 1. The fraction of sp³-hybridized carbons (Fsp3) is 0.0476. The lowest BCUT2D eigenvalue weighted by Gasteiger charge is -2.07. The van der Waals surface area contributed by atoms with Crippen molar-refractivity contribution < 1.29 is 13.6 Å². The molecule has 2 N–H and O–H groups in total. The molecule has 0 aliphatic heterocycles. The van der Waals surface area contributed by atoms with Gasteiger partial charge in [0, 0.05) is 47.2 Å². The van der Waals surface area contributed by atoms with Crippen molar-refractivity contribution >= 4 is 22.5 Å². The van der Waals surface area contributed by atoms with Crippen LogP contribution in [0.3, 0.4) is 0 Å². The van der Waals surface area contributed by atoms with Crippen molar-refractivity contribution in [2.75, 3.05) is 5.32 Å². The van der Waals surface area contributed by atoms with Gasteiger partial charge in [-0.1, -0.05) is 6.58 Å². The maximum Gasteiger partial charge on any atom is 0.247 e. The van der Waals surface area contributed by atoms with Crippen LogP contribution < -0.4 is 5.32 Å². The van der Waals surface area contributed by atoms with Crippen LogP contribution in [0.2, 0.25) is 0 Å². The quantitative estimate of drug-likeness (QED) is 0.508. The number of aromatic amines is 1. The number of H-pyrrole nitrogens is 1. The summed E-state index contributed by atoms with van der Waals surface area (Å²) in [7, 11) is 1.85. The molecule has 0 saturated heterocycles. The summed E-state index contributed by atoms with van der Waals surface area (Å²) in [5, 5.41) is 3.49. The second-order valence-electron chi connectivity index (χ2n) is 6.41. The first-order valence-corrected chi connectivity index (χ1v) is 8.48. The summed E-state index contributed by atoms with van der Waals surface area (Å²) in [4.78, 5) is 19.3. The lowest BCUT2D eigenvalue weighted by molar-refractivity contribution is -0.111. The van der Waals surface area contributed by atoms with Gasteiger partial charge in [0.1, 0.15) is 11.6 Å². The van der Waals surface area contributed by atoms with E-state index >= 15 is 0 Å². The second kappa shape index (κ2) is 6.77. The lowest BCUT2D eigenvalue weighted by atomic mass is 10.1. The van der Waals surface area contributed by atoms with E-state index in [0.717, 1.165) is 22.5 Å². The second-order valence-corrected chi connectivity index (χ2v) is 6.41. The summed E-state index contributed by atoms with van der Waals surface area (Å²) in [5.74, 6) is -1.64. The Morgan fingerprint density at radius 1 is 1.21 bits per heavy atom. The molecule has 0 saturated carbocycles. The van der Waals surface area contributed by atoms with Crippen molar-refractivity contribution in [2.24, 2.45) is 7.05 Å². The van der Waals surface area contributed by atoms with Gasteiger partial charge in [0.05, 0.1) is 17.5 Å². The fourth-order valence-corrected chi connectivity index (χ4v) is 3.12. The van der Waals surface area contributed by atoms with Crippen molar-refractivity contribution in [3.05, 3.63) is 73.2 Å². The first-order chi connectivity index (χ1) is 13.4. The molecule has 0 bridgehead atoms. The van der Waals surface area contributed by atoms with E-state index in [4.69, 9.17) is 0 Å². The average molecular weight is 378 g/mol. The summed E-state index contributed by atoms with van der Waals surface area (Å²) in [6, 6.07) is 8.74. The zero-order chi connectivity index (χ0) is 19.8. The Balaban J connectivity index is 1.92. The van der Waals surface area contributed by atoms with Crippen LogP contribution >= 0.6 is 0 Å². The maximum absolute atomic E-state index is 14.2. The molecule has 4 rings (SSSR count). The standard InChI is InChI=1S/C21H16F2N4O/c1-3-20(28)25-14-6-12-7-18(15-5-4-13(22)8-17(15)23)26-21(12)16(9-14)19-10-27(2)11-24-19/h3-11,26H,1H2,2H3,(H,25,28). The number of benzene rings is 2. The van der Waals surface area contributed by atoms with Crippen molar-refractivity contribution in [1.29, 1.82) is 0 Å². The highest BCUT2D eigenvalue weighted by atomic mass is 19.1. The summed E-state index contributed by atoms with van der Waals surface area (Å²) in [5.41, 5.74) is 3.47. The Bertz CT molecular complexity index is 1220. The van der Waals surface area contributed by atoms with Crippen LogP contribution in [0.1, 0.15) is 0 Å². The number of aromatic nitrogens is 3. The number of carbonyl (C=O) groups excluding carboxylic acids is 1. The number of aryl methyl sites for hydroxylation is 1. The van der Waals surface area contributed by atoms with E-state index in [2.05, 4.69) is 21.9 Å². The van der Waals surface area contributed by atoms with Crippen LogP contribution in [0.25, 0.3) is 33.4 Å². The number of nitrogens with one attached hydrogen (secondary N) is 2. The molecular formula is C21H16F2N4O. The van der Waals surface area contributed by atoms with Crippen LogP contribution in [-0.2, 0) is 11.8 Å². The number of hydrogen-bond acceptors (Lipinski definition) is 2. The molecule has 5 nitrogen and oxygen atoms in total. The highest BCUT2D eigenvalue weighted by Gasteiger charge is 2.15. The third kappa shape index (κ3) is 3.18. The molecule has 0 fully saturated rings. The summed E-state index contributed by atoms with van der Waals surface area (Å²) < 4.78 is 29.3. The molecule has 0 aliphatic rings. The Morgan fingerprint density at radius 2 is 2.04 bits per heavy atom. The molecule has 0 atom stereocenters. The van der Waals surface area contributed by atoms with Crippen molar-refractivity contribution in [1.82, 2.24) is 14.5 Å². The molecule has 2 heterocycles. The van der Waals surface area contributed by atoms with Crippen LogP contribution in [-0.4, -0.2) is 20.4 Å². The molecule has 28 heavy (non-hydrogen) atoms. The van der Waals surface area contributed by atoms with Crippen molar-refractivity contribution in [3.8, 4) is 22.5 Å². The number of halogens is 2. The number of anilines is 1. The minimum absolute atomic E-state index is 0.251. The van der Waals surface area contributed by atoms with E-state index < -0.39 is 11.6 Å². The van der Waals surface area contributed by atoms with Gasteiger partial charge in [0.15, 0.2) is 0 Å². The summed E-state index contributed by atoms with van der Waals surface area (Å²) in [6.45, 7) is 3.46. The lowest BCUT2D eigenvalue weighted by Crippen LogP contribution is -2.07. The Labute approximate surface area is 159 Å². The largest absolute Gasteiger partial charge is 0.354 e. The molecule has 0 unspecified atom stereocenters. The maximum atomic E-state index is 14.2. The highest BCUT2D eigenvalue weighted by Crippen LogP contribution is 2.34. The molecule has 2 aromatic carbocycles. The highest BCUT2D eigenvalue weighted by molar-refractivity contribution is 6.04. The molecule has 0 spiro atoms. The van der Waals surface area contributed by atoms with Gasteiger partial charge in [-0.3, -0.25) is 4.79 Å². The van der Waals surface area contributed by atoms with Gasteiger partial charge < -0.3 is 14.9 Å². The van der Waals surface area contributed by atoms with Crippen molar-refractivity contribution in [2.45, 2.75) is 0 Å². The third-order valence-corrected chi connectivity index (χ3v) is 4.38. The van der Waals surface area contributed by atoms with Gasteiger partial charge in [-0.15, -0.1) is 0 Å². The number of rotatable bonds is 4. The van der Waals surface area contributed by atoms with Crippen LogP contribution in [0.5, 0.6) is 0 Å². The van der Waals surface area contributed by atoms with Crippen LogP contribution in [0.15, 0.2) is 61.6 Å². The molecule has 1 amide bonds. The van der Waals surface area contributed by atoms with E-state index in [9.17, 15) is 13.6 Å². The van der Waals surface area contributed by atoms with Gasteiger partial charge in [0.25, 0.3) is 0 Å². The Hall–Kier alpha value is -3.74. The Morgan fingerprint density at radius 3 is 2.71 bits per heavy atom. The zero-order valence-corrected chi connectivity index (χ0v) is 15.0. The van der Waals surface area contributed by atoms with E-state index in [1.54, 1.807) is 29.1 Å². The Kier molecular flexibility index (Phi) is 4.27. The molecular weight excluding hydrogens is 362 g/mol. The number of fused-ring (bicyclic) bond motifs is 1. The third-order valence-electron chi connectivity index (χ3n) is 4.38. The number of nitrogens with zero attached hydrogens (tertiary/aromatic N) is 2. The van der Waals surface area contributed by atoms with Gasteiger partial charge in [-0.05, 0) is 36.4 Å². The first kappa shape index (κ1) is 17.7. The molecule has 2 aromatic heterocycles. The summed E-state index contributed by atoms with van der Waals surface area (Å²) >= 11 is 0. The van der Waals surface area contributed by atoms with Gasteiger partial charge in [-0.2, -0.15) is 0 Å². The van der Waals surface area contributed by atoms with Gasteiger partial charge in [0.2, 0.25) is 5.91 Å². The minimum atomic E-state index is -0.661. The average Bonchev–Trinajstić information content (AvgIpc) is 3.27.